The molecule has 0 radical (unpaired) electrons. The Morgan fingerprint density at radius 3 is 1.46 bits per heavy atom. The summed E-state index contributed by atoms with van der Waals surface area (Å²) in [5.41, 5.74) is 0. The number of hydrogen-bond donors (Lipinski definition) is 0. The van der Waals surface area contributed by atoms with E-state index < -0.39 is 0 Å². The van der Waals surface area contributed by atoms with Gasteiger partial charge in [0.05, 0.1) is 0 Å². The monoisotopic (exact) mass is 236 g/mol. The standard InChI is InChI=1S/C8H18.C2H2S3/c1-3-5-7-8-6-4-2;1-2-4-5-3-1/h3-8H2,1-2H3;1-2H. The summed E-state index contributed by atoms with van der Waals surface area (Å²) in [6.07, 6.45) is 8.49. The number of unbranched alkanes of at least 4 members (excludes halogenated alkanes) is 5. The quantitative estimate of drug-likeness (QED) is 0.433. The zero-order valence-electron chi connectivity index (χ0n) is 8.62. The third kappa shape index (κ3) is 12.8. The predicted octanol–water partition coefficient (Wildman–Crippen LogP) is 5.87. The van der Waals surface area contributed by atoms with Gasteiger partial charge in [0.15, 0.2) is 0 Å². The largest absolute Gasteiger partial charge is 0.0654 e. The van der Waals surface area contributed by atoms with Crippen molar-refractivity contribution in [1.82, 2.24) is 0 Å². The van der Waals surface area contributed by atoms with E-state index in [1.165, 1.54) is 38.5 Å². The van der Waals surface area contributed by atoms with Gasteiger partial charge in [0, 0.05) is 0 Å². The van der Waals surface area contributed by atoms with E-state index in [4.69, 9.17) is 0 Å². The first-order valence-corrected chi connectivity index (χ1v) is 8.66. The SMILES string of the molecule is C1=CSSS1.CCCCCCCC. The summed E-state index contributed by atoms with van der Waals surface area (Å²) in [7, 11) is 5.34. The molecule has 1 heterocycles. The Balaban J connectivity index is 0.000000243. The molecule has 0 N–H and O–H groups in total. The van der Waals surface area contributed by atoms with Crippen LogP contribution in [0.15, 0.2) is 10.8 Å². The Bertz CT molecular complexity index is 101. The van der Waals surface area contributed by atoms with Crippen molar-refractivity contribution in [1.29, 1.82) is 0 Å². The lowest BCUT2D eigenvalue weighted by Crippen LogP contribution is -1.73. The lowest BCUT2D eigenvalue weighted by molar-refractivity contribution is 0.624. The van der Waals surface area contributed by atoms with E-state index in [1.54, 1.807) is 31.4 Å². The fraction of sp³-hybridized carbons (Fsp3) is 0.800. The normalized spacial score (nSPS) is 14.0. The van der Waals surface area contributed by atoms with Crippen molar-refractivity contribution in [2.24, 2.45) is 0 Å². The lowest BCUT2D eigenvalue weighted by Gasteiger charge is -1.93. The first-order chi connectivity index (χ1) is 6.41. The van der Waals surface area contributed by atoms with Gasteiger partial charge in [-0.2, -0.15) is 0 Å². The van der Waals surface area contributed by atoms with Crippen molar-refractivity contribution in [3.8, 4) is 0 Å². The summed E-state index contributed by atoms with van der Waals surface area (Å²) in [5, 5.41) is 4.16. The first kappa shape index (κ1) is 13.8. The van der Waals surface area contributed by atoms with Gasteiger partial charge in [-0.25, -0.2) is 0 Å². The smallest absolute Gasteiger partial charge is 0.0101 e. The molecule has 0 aromatic carbocycles. The van der Waals surface area contributed by atoms with Gasteiger partial charge in [-0.05, 0) is 20.6 Å². The average molecular weight is 236 g/mol. The molecule has 78 valence electrons. The summed E-state index contributed by atoms with van der Waals surface area (Å²) < 4.78 is 0. The molecule has 0 saturated heterocycles. The summed E-state index contributed by atoms with van der Waals surface area (Å²) in [4.78, 5) is 0. The highest BCUT2D eigenvalue weighted by atomic mass is 33.5. The summed E-state index contributed by atoms with van der Waals surface area (Å²) >= 11 is 0. The van der Waals surface area contributed by atoms with Crippen LogP contribution in [-0.4, -0.2) is 0 Å². The van der Waals surface area contributed by atoms with Gasteiger partial charge < -0.3 is 0 Å². The average Bonchev–Trinajstić information content (AvgIpc) is 2.70. The van der Waals surface area contributed by atoms with Gasteiger partial charge in [0.2, 0.25) is 0 Å². The molecule has 0 aromatic rings. The van der Waals surface area contributed by atoms with E-state index in [0.29, 0.717) is 0 Å². The third-order valence-electron chi connectivity index (χ3n) is 1.70. The summed E-state index contributed by atoms with van der Waals surface area (Å²) in [6.45, 7) is 4.51. The van der Waals surface area contributed by atoms with Crippen LogP contribution in [0.25, 0.3) is 0 Å². The number of hydrogen-bond acceptors (Lipinski definition) is 3. The van der Waals surface area contributed by atoms with Crippen molar-refractivity contribution < 1.29 is 0 Å². The van der Waals surface area contributed by atoms with Crippen molar-refractivity contribution in [2.45, 2.75) is 52.4 Å². The van der Waals surface area contributed by atoms with Crippen molar-refractivity contribution in [3.05, 3.63) is 10.8 Å². The van der Waals surface area contributed by atoms with E-state index in [1.807, 2.05) is 0 Å². The zero-order valence-corrected chi connectivity index (χ0v) is 11.1. The molecule has 1 aliphatic rings. The maximum Gasteiger partial charge on any atom is -0.0101 e. The molecule has 0 aliphatic carbocycles. The molecule has 0 bridgehead atoms. The predicted molar refractivity (Wildman–Crippen MR) is 71.0 cm³/mol. The van der Waals surface area contributed by atoms with Gasteiger partial charge in [0.1, 0.15) is 0 Å². The van der Waals surface area contributed by atoms with E-state index in [0.717, 1.165) is 0 Å². The second-order valence-corrected chi connectivity index (χ2v) is 6.80. The Labute approximate surface area is 94.5 Å². The molecule has 1 rings (SSSR count). The van der Waals surface area contributed by atoms with Crippen LogP contribution < -0.4 is 0 Å². The minimum absolute atomic E-state index is 1.36. The molecule has 0 atom stereocenters. The summed E-state index contributed by atoms with van der Waals surface area (Å²) in [5.74, 6) is 0. The molecule has 1 aliphatic heterocycles. The molecule has 3 heteroatoms. The molecule has 0 aromatic heterocycles. The van der Waals surface area contributed by atoms with Crippen LogP contribution >= 0.6 is 31.4 Å². The number of rotatable bonds is 5. The van der Waals surface area contributed by atoms with E-state index in [9.17, 15) is 0 Å². The molecule has 0 saturated carbocycles. The van der Waals surface area contributed by atoms with Gasteiger partial charge in [-0.1, -0.05) is 74.0 Å². The van der Waals surface area contributed by atoms with Crippen LogP contribution in [0.2, 0.25) is 0 Å². The Morgan fingerprint density at radius 2 is 1.23 bits per heavy atom. The van der Waals surface area contributed by atoms with E-state index in [2.05, 4.69) is 24.7 Å². The highest BCUT2D eigenvalue weighted by molar-refractivity contribution is 9.11. The van der Waals surface area contributed by atoms with Gasteiger partial charge in [-0.3, -0.25) is 0 Å². The molecule has 0 fully saturated rings. The van der Waals surface area contributed by atoms with Crippen LogP contribution in [0.5, 0.6) is 0 Å². The molecule has 0 nitrogen and oxygen atoms in total. The van der Waals surface area contributed by atoms with Gasteiger partial charge in [0.25, 0.3) is 0 Å². The molecule has 13 heavy (non-hydrogen) atoms. The van der Waals surface area contributed by atoms with Crippen LogP contribution in [-0.2, 0) is 0 Å². The maximum absolute atomic E-state index is 2.26. The van der Waals surface area contributed by atoms with Crippen molar-refractivity contribution >= 4 is 31.4 Å². The lowest BCUT2D eigenvalue weighted by atomic mass is 10.1. The summed E-state index contributed by atoms with van der Waals surface area (Å²) in [6, 6.07) is 0. The molecule has 0 amide bonds. The fourth-order valence-electron chi connectivity index (χ4n) is 0.967. The van der Waals surface area contributed by atoms with Crippen LogP contribution in [0, 0.1) is 0 Å². The van der Waals surface area contributed by atoms with Gasteiger partial charge in [-0.15, -0.1) is 0 Å². The Hall–Kier alpha value is 0.790. The highest BCUT2D eigenvalue weighted by Crippen LogP contribution is 2.42. The topological polar surface area (TPSA) is 0 Å². The van der Waals surface area contributed by atoms with Crippen molar-refractivity contribution in [3.63, 3.8) is 0 Å². The molecule has 0 spiro atoms. The third-order valence-corrected chi connectivity index (χ3v) is 5.08. The molecular formula is C10H20S3. The highest BCUT2D eigenvalue weighted by Gasteiger charge is 1.87. The van der Waals surface area contributed by atoms with Crippen molar-refractivity contribution in [2.75, 3.05) is 0 Å². The second-order valence-electron chi connectivity index (χ2n) is 2.95. The Morgan fingerprint density at radius 1 is 0.769 bits per heavy atom. The van der Waals surface area contributed by atoms with E-state index in [-0.39, 0.29) is 0 Å². The minimum atomic E-state index is 1.36. The minimum Gasteiger partial charge on any atom is -0.0654 e. The fourth-order valence-corrected chi connectivity index (χ4v) is 3.92. The van der Waals surface area contributed by atoms with Gasteiger partial charge >= 0.3 is 0 Å². The van der Waals surface area contributed by atoms with Crippen LogP contribution in [0.4, 0.5) is 0 Å². The maximum atomic E-state index is 2.26. The Kier molecular flexibility index (Phi) is 13.6. The first-order valence-electron chi connectivity index (χ1n) is 5.05. The second kappa shape index (κ2) is 12.8. The van der Waals surface area contributed by atoms with Crippen LogP contribution in [0.3, 0.4) is 0 Å². The molecular weight excluding hydrogens is 216 g/mol. The van der Waals surface area contributed by atoms with E-state index >= 15 is 0 Å². The zero-order chi connectivity index (χ0) is 9.78. The van der Waals surface area contributed by atoms with Crippen LogP contribution in [0.1, 0.15) is 52.4 Å². The molecule has 0 unspecified atom stereocenters.